The van der Waals surface area contributed by atoms with Gasteiger partial charge in [-0.05, 0) is 54.9 Å². The lowest BCUT2D eigenvalue weighted by atomic mass is 10.1. The lowest BCUT2D eigenvalue weighted by Gasteiger charge is -2.13. The van der Waals surface area contributed by atoms with E-state index in [2.05, 4.69) is 32.3 Å². The first-order chi connectivity index (χ1) is 16.2. The molecule has 5 aromatic rings. The van der Waals surface area contributed by atoms with E-state index >= 15 is 0 Å². The number of rotatable bonds is 5. The van der Waals surface area contributed by atoms with Gasteiger partial charge < -0.3 is 5.32 Å². The van der Waals surface area contributed by atoms with E-state index in [-0.39, 0.29) is 5.91 Å². The highest BCUT2D eigenvalue weighted by Crippen LogP contribution is 2.30. The summed E-state index contributed by atoms with van der Waals surface area (Å²) >= 11 is 1.67. The average Bonchev–Trinajstić information content (AvgIpc) is 3.58. The lowest BCUT2D eigenvalue weighted by molar-refractivity contribution is 0.102. The normalized spacial score (nSPS) is 14.3. The summed E-state index contributed by atoms with van der Waals surface area (Å²) in [4.78, 5) is 21.4. The zero-order valence-corrected chi connectivity index (χ0v) is 19.0. The molecule has 0 atom stereocenters. The van der Waals surface area contributed by atoms with Crippen LogP contribution in [0.1, 0.15) is 28.9 Å². The number of hydrogen-bond acceptors (Lipinski definition) is 4. The summed E-state index contributed by atoms with van der Waals surface area (Å²) in [6, 6.07) is 21.7. The smallest absolute Gasteiger partial charge is 0.255 e. The van der Waals surface area contributed by atoms with Crippen molar-refractivity contribution in [1.29, 1.82) is 0 Å². The molecule has 1 saturated heterocycles. The first kappa shape index (κ1) is 20.1. The Balaban J connectivity index is 1.29. The number of aromatic nitrogens is 2. The number of nitrogens with zero attached hydrogens (tertiary/aromatic N) is 3. The third kappa shape index (κ3) is 3.92. The molecule has 0 unspecified atom stereocenters. The van der Waals surface area contributed by atoms with Crippen molar-refractivity contribution < 1.29 is 4.79 Å². The molecule has 1 aliphatic rings. The van der Waals surface area contributed by atoms with Crippen LogP contribution < -0.4 is 5.32 Å². The molecule has 1 N–H and O–H groups in total. The number of hydrogen-bond donors (Lipinski definition) is 1. The fourth-order valence-corrected chi connectivity index (χ4v) is 5.45. The first-order valence-corrected chi connectivity index (χ1v) is 12.2. The van der Waals surface area contributed by atoms with Gasteiger partial charge in [0.05, 0.1) is 11.4 Å². The highest BCUT2D eigenvalue weighted by atomic mass is 32.1. The summed E-state index contributed by atoms with van der Waals surface area (Å²) in [5.41, 5.74) is 4.48. The minimum absolute atomic E-state index is 0.121. The third-order valence-electron chi connectivity index (χ3n) is 6.33. The van der Waals surface area contributed by atoms with E-state index in [0.29, 0.717) is 5.56 Å². The number of amides is 1. The molecule has 6 rings (SSSR count). The Morgan fingerprint density at radius 3 is 2.64 bits per heavy atom. The molecule has 2 aromatic heterocycles. The quantitative estimate of drug-likeness (QED) is 0.352. The number of carbonyl (C=O) groups is 1. The van der Waals surface area contributed by atoms with Crippen LogP contribution in [-0.4, -0.2) is 33.3 Å². The van der Waals surface area contributed by atoms with Crippen molar-refractivity contribution in [3.8, 4) is 11.3 Å². The van der Waals surface area contributed by atoms with Gasteiger partial charge in [-0.25, -0.2) is 4.98 Å². The second-order valence-electron chi connectivity index (χ2n) is 8.55. The highest BCUT2D eigenvalue weighted by molar-refractivity contribution is 7.15. The monoisotopic (exact) mass is 452 g/mol. The van der Waals surface area contributed by atoms with Gasteiger partial charge in [-0.1, -0.05) is 48.5 Å². The molecule has 1 fully saturated rings. The molecule has 6 heteroatoms. The zero-order valence-electron chi connectivity index (χ0n) is 18.2. The van der Waals surface area contributed by atoms with Crippen LogP contribution in [0.2, 0.25) is 0 Å². The maximum Gasteiger partial charge on any atom is 0.255 e. The Morgan fingerprint density at radius 1 is 0.970 bits per heavy atom. The van der Waals surface area contributed by atoms with E-state index in [1.807, 2.05) is 60.7 Å². The van der Waals surface area contributed by atoms with Crippen molar-refractivity contribution in [2.75, 3.05) is 18.4 Å². The van der Waals surface area contributed by atoms with Gasteiger partial charge in [0.1, 0.15) is 0 Å². The first-order valence-electron chi connectivity index (χ1n) is 11.3. The summed E-state index contributed by atoms with van der Waals surface area (Å²) in [6.07, 6.45) is 4.66. The van der Waals surface area contributed by atoms with Gasteiger partial charge in [-0.15, -0.1) is 11.3 Å². The Bertz CT molecular complexity index is 1460. The number of nitrogens with one attached hydrogen (secondary N) is 1. The zero-order chi connectivity index (χ0) is 22.2. The topological polar surface area (TPSA) is 49.6 Å². The van der Waals surface area contributed by atoms with Crippen LogP contribution in [0.4, 0.5) is 5.69 Å². The van der Waals surface area contributed by atoms with E-state index in [1.54, 1.807) is 11.3 Å². The molecule has 0 bridgehead atoms. The molecule has 0 saturated carbocycles. The van der Waals surface area contributed by atoms with Gasteiger partial charge in [-0.2, -0.15) is 0 Å². The number of imidazole rings is 1. The van der Waals surface area contributed by atoms with Gasteiger partial charge in [-0.3, -0.25) is 14.1 Å². The molecule has 33 heavy (non-hydrogen) atoms. The van der Waals surface area contributed by atoms with Crippen LogP contribution in [0.15, 0.2) is 78.3 Å². The fraction of sp³-hybridized carbons (Fsp3) is 0.185. The standard InChI is InChI=1S/C27H24N4OS/c32-26(21-12-11-19-7-1-2-8-20(19)15-21)28-24-10-4-3-9-23(24)25-17-31-22(18-33-27(31)29-25)16-30-13-5-6-14-30/h1-4,7-12,15,17-18H,5-6,13-14,16H2,(H,28,32). The maximum absolute atomic E-state index is 13.1. The van der Waals surface area contributed by atoms with E-state index < -0.39 is 0 Å². The number of thiazole rings is 1. The van der Waals surface area contributed by atoms with Gasteiger partial charge in [0.25, 0.3) is 5.91 Å². The molecule has 3 heterocycles. The predicted octanol–water partition coefficient (Wildman–Crippen LogP) is 6.06. The molecule has 1 amide bonds. The molecule has 1 aliphatic heterocycles. The van der Waals surface area contributed by atoms with Crippen LogP contribution in [-0.2, 0) is 6.54 Å². The second kappa shape index (κ2) is 8.46. The minimum atomic E-state index is -0.121. The Hall–Kier alpha value is -3.48. The average molecular weight is 453 g/mol. The lowest BCUT2D eigenvalue weighted by Crippen LogP contribution is -2.19. The highest BCUT2D eigenvalue weighted by Gasteiger charge is 2.17. The molecular formula is C27H24N4OS. The molecule has 0 aliphatic carbocycles. The van der Waals surface area contributed by atoms with Gasteiger partial charge in [0, 0.05) is 34.9 Å². The summed E-state index contributed by atoms with van der Waals surface area (Å²) in [6.45, 7) is 3.29. The third-order valence-corrected chi connectivity index (χ3v) is 7.22. The van der Waals surface area contributed by atoms with Crippen molar-refractivity contribution >= 4 is 38.7 Å². The molecule has 5 nitrogen and oxygen atoms in total. The molecule has 0 radical (unpaired) electrons. The molecule has 0 spiro atoms. The summed E-state index contributed by atoms with van der Waals surface area (Å²) < 4.78 is 2.19. The Labute approximate surface area is 196 Å². The van der Waals surface area contributed by atoms with Crippen molar-refractivity contribution in [3.63, 3.8) is 0 Å². The molecule has 3 aromatic carbocycles. The molecular weight excluding hydrogens is 428 g/mol. The summed E-state index contributed by atoms with van der Waals surface area (Å²) in [7, 11) is 0. The summed E-state index contributed by atoms with van der Waals surface area (Å²) in [5.74, 6) is -0.121. The van der Waals surface area contributed by atoms with Gasteiger partial charge in [0.15, 0.2) is 4.96 Å². The number of likely N-dealkylation sites (tertiary alicyclic amines) is 1. The van der Waals surface area contributed by atoms with E-state index in [4.69, 9.17) is 4.98 Å². The van der Waals surface area contributed by atoms with Crippen LogP contribution >= 0.6 is 11.3 Å². The van der Waals surface area contributed by atoms with Crippen LogP contribution in [0.5, 0.6) is 0 Å². The SMILES string of the molecule is O=C(Nc1ccccc1-c1cn2c(CN3CCCC3)csc2n1)c1ccc2ccccc2c1. The number of carbonyl (C=O) groups excluding carboxylic acids is 1. The van der Waals surface area contributed by atoms with Crippen molar-refractivity contribution in [3.05, 3.63) is 89.6 Å². The van der Waals surface area contributed by atoms with E-state index in [0.717, 1.165) is 39.2 Å². The predicted molar refractivity (Wildman–Crippen MR) is 135 cm³/mol. The van der Waals surface area contributed by atoms with Crippen LogP contribution in [0, 0.1) is 0 Å². The van der Waals surface area contributed by atoms with E-state index in [1.165, 1.54) is 31.6 Å². The van der Waals surface area contributed by atoms with Crippen molar-refractivity contribution in [2.45, 2.75) is 19.4 Å². The molecule has 164 valence electrons. The fourth-order valence-electron chi connectivity index (χ4n) is 4.58. The van der Waals surface area contributed by atoms with Crippen molar-refractivity contribution in [2.24, 2.45) is 0 Å². The van der Waals surface area contributed by atoms with Crippen LogP contribution in [0.25, 0.3) is 27.0 Å². The van der Waals surface area contributed by atoms with Gasteiger partial charge in [0.2, 0.25) is 0 Å². The Morgan fingerprint density at radius 2 is 1.76 bits per heavy atom. The largest absolute Gasteiger partial charge is 0.321 e. The maximum atomic E-state index is 13.1. The summed E-state index contributed by atoms with van der Waals surface area (Å²) in [5, 5.41) is 7.49. The van der Waals surface area contributed by atoms with E-state index in [9.17, 15) is 4.79 Å². The second-order valence-corrected chi connectivity index (χ2v) is 9.39. The number of anilines is 1. The Kier molecular flexibility index (Phi) is 5.17. The number of fused-ring (bicyclic) bond motifs is 2. The van der Waals surface area contributed by atoms with Crippen LogP contribution in [0.3, 0.4) is 0 Å². The number of para-hydroxylation sites is 1. The number of benzene rings is 3. The minimum Gasteiger partial charge on any atom is -0.321 e. The van der Waals surface area contributed by atoms with Crippen molar-refractivity contribution in [1.82, 2.24) is 14.3 Å². The van der Waals surface area contributed by atoms with Gasteiger partial charge >= 0.3 is 0 Å².